The number of benzene rings is 1. The van der Waals surface area contributed by atoms with E-state index in [0.717, 1.165) is 5.69 Å². The number of carbonyl (C=O) groups excluding carboxylic acids is 1. The average Bonchev–Trinajstić information content (AvgIpc) is 2.84. The van der Waals surface area contributed by atoms with Crippen LogP contribution in [0.3, 0.4) is 0 Å². The number of amides is 1. The minimum absolute atomic E-state index is 0.0137. The summed E-state index contributed by atoms with van der Waals surface area (Å²) >= 11 is 0. The van der Waals surface area contributed by atoms with Gasteiger partial charge in [0.1, 0.15) is 5.54 Å². The van der Waals surface area contributed by atoms with Gasteiger partial charge in [0.25, 0.3) is 0 Å². The van der Waals surface area contributed by atoms with Crippen molar-refractivity contribution in [2.24, 2.45) is 0 Å². The zero-order valence-corrected chi connectivity index (χ0v) is 10.8. The largest absolute Gasteiger partial charge is 0.397 e. The van der Waals surface area contributed by atoms with Crippen LogP contribution in [0.4, 0.5) is 11.4 Å². The highest BCUT2D eigenvalue weighted by molar-refractivity contribution is 5.99. The summed E-state index contributed by atoms with van der Waals surface area (Å²) in [6.45, 7) is 5.04. The standard InChI is InChI=1S/C12H15N5O2/c1-12(2)11(18)14-5-6-17(12)8-4-3-7(13)9-10(8)16-19-15-9/h3-4H,5-6,13H2,1-2H3,(H,14,18). The maximum atomic E-state index is 12.0. The molecule has 0 spiro atoms. The highest BCUT2D eigenvalue weighted by atomic mass is 16.6. The van der Waals surface area contributed by atoms with Crippen LogP contribution in [0.1, 0.15) is 13.8 Å². The van der Waals surface area contributed by atoms with Crippen molar-refractivity contribution >= 4 is 28.3 Å². The first kappa shape index (κ1) is 11.8. The first-order chi connectivity index (χ1) is 9.01. The topological polar surface area (TPSA) is 97.3 Å². The van der Waals surface area contributed by atoms with E-state index in [4.69, 9.17) is 10.4 Å². The van der Waals surface area contributed by atoms with Gasteiger partial charge in [0.15, 0.2) is 11.0 Å². The summed E-state index contributed by atoms with van der Waals surface area (Å²) in [5.74, 6) is -0.0137. The molecule has 0 unspecified atom stereocenters. The molecule has 3 rings (SSSR count). The number of aromatic nitrogens is 2. The molecule has 19 heavy (non-hydrogen) atoms. The number of carbonyl (C=O) groups is 1. The molecule has 2 aromatic rings. The molecule has 2 heterocycles. The van der Waals surface area contributed by atoms with Crippen LogP contribution in [-0.2, 0) is 4.79 Å². The molecule has 0 bridgehead atoms. The van der Waals surface area contributed by atoms with E-state index in [2.05, 4.69) is 15.6 Å². The molecule has 7 heteroatoms. The minimum atomic E-state index is -0.653. The van der Waals surface area contributed by atoms with Gasteiger partial charge in [0, 0.05) is 13.1 Å². The lowest BCUT2D eigenvalue weighted by Gasteiger charge is -2.42. The van der Waals surface area contributed by atoms with Crippen LogP contribution in [0.5, 0.6) is 0 Å². The number of fused-ring (bicyclic) bond motifs is 1. The molecule has 0 radical (unpaired) electrons. The van der Waals surface area contributed by atoms with Crippen LogP contribution in [0, 0.1) is 0 Å². The molecular formula is C12H15N5O2. The van der Waals surface area contributed by atoms with Crippen LogP contribution in [-0.4, -0.2) is 34.8 Å². The summed E-state index contributed by atoms with van der Waals surface area (Å²) in [6.07, 6.45) is 0. The molecular weight excluding hydrogens is 246 g/mol. The fourth-order valence-electron chi connectivity index (χ4n) is 2.41. The van der Waals surface area contributed by atoms with Crippen molar-refractivity contribution < 1.29 is 9.42 Å². The first-order valence-corrected chi connectivity index (χ1v) is 6.08. The summed E-state index contributed by atoms with van der Waals surface area (Å²) in [5, 5.41) is 10.6. The number of hydrogen-bond donors (Lipinski definition) is 2. The predicted octanol–water partition coefficient (Wildman–Crippen LogP) is 0.520. The monoisotopic (exact) mass is 261 g/mol. The van der Waals surface area contributed by atoms with Crippen molar-refractivity contribution in [2.75, 3.05) is 23.7 Å². The number of hydrogen-bond acceptors (Lipinski definition) is 6. The lowest BCUT2D eigenvalue weighted by atomic mass is 9.97. The molecule has 1 aromatic heterocycles. The SMILES string of the molecule is CC1(C)C(=O)NCCN1c1ccc(N)c2nonc12. The lowest BCUT2D eigenvalue weighted by molar-refractivity contribution is -0.126. The Morgan fingerprint density at radius 2 is 2.11 bits per heavy atom. The van der Waals surface area contributed by atoms with Crippen molar-refractivity contribution in [3.05, 3.63) is 12.1 Å². The summed E-state index contributed by atoms with van der Waals surface area (Å²) in [5.41, 5.74) is 7.62. The number of nitrogens with one attached hydrogen (secondary N) is 1. The molecule has 1 aromatic carbocycles. The second kappa shape index (κ2) is 3.84. The summed E-state index contributed by atoms with van der Waals surface area (Å²) in [6, 6.07) is 3.60. The fraction of sp³-hybridized carbons (Fsp3) is 0.417. The van der Waals surface area contributed by atoms with E-state index >= 15 is 0 Å². The molecule has 0 aliphatic carbocycles. The van der Waals surface area contributed by atoms with Crippen LogP contribution in [0.15, 0.2) is 16.8 Å². The van der Waals surface area contributed by atoms with Gasteiger partial charge < -0.3 is 16.0 Å². The Balaban J connectivity index is 2.16. The first-order valence-electron chi connectivity index (χ1n) is 6.08. The van der Waals surface area contributed by atoms with Gasteiger partial charge in [-0.05, 0) is 36.3 Å². The van der Waals surface area contributed by atoms with E-state index in [0.29, 0.717) is 29.8 Å². The molecule has 1 aliphatic heterocycles. The molecule has 3 N–H and O–H groups in total. The van der Waals surface area contributed by atoms with E-state index in [1.165, 1.54) is 0 Å². The van der Waals surface area contributed by atoms with E-state index in [1.807, 2.05) is 24.8 Å². The fourth-order valence-corrected chi connectivity index (χ4v) is 2.41. The Kier molecular flexibility index (Phi) is 2.38. The maximum absolute atomic E-state index is 12.0. The third kappa shape index (κ3) is 1.61. The highest BCUT2D eigenvalue weighted by Gasteiger charge is 2.38. The zero-order valence-electron chi connectivity index (χ0n) is 10.8. The molecule has 1 aliphatic rings. The van der Waals surface area contributed by atoms with E-state index in [1.54, 1.807) is 6.07 Å². The van der Waals surface area contributed by atoms with Gasteiger partial charge in [-0.2, -0.15) is 0 Å². The molecule has 1 saturated heterocycles. The quantitative estimate of drug-likeness (QED) is 0.726. The van der Waals surface area contributed by atoms with Crippen LogP contribution < -0.4 is 16.0 Å². The number of rotatable bonds is 1. The minimum Gasteiger partial charge on any atom is -0.397 e. The van der Waals surface area contributed by atoms with Gasteiger partial charge in [-0.1, -0.05) is 0 Å². The van der Waals surface area contributed by atoms with Gasteiger partial charge in [-0.15, -0.1) is 0 Å². The average molecular weight is 261 g/mol. The van der Waals surface area contributed by atoms with E-state index in [9.17, 15) is 4.79 Å². The Hall–Kier alpha value is -2.31. The van der Waals surface area contributed by atoms with Crippen molar-refractivity contribution in [3.63, 3.8) is 0 Å². The van der Waals surface area contributed by atoms with Gasteiger partial charge in [-0.25, -0.2) is 4.63 Å². The third-order valence-electron chi connectivity index (χ3n) is 3.57. The summed E-state index contributed by atoms with van der Waals surface area (Å²) in [4.78, 5) is 14.0. The molecule has 0 saturated carbocycles. The Labute approximate surface area is 109 Å². The van der Waals surface area contributed by atoms with Crippen LogP contribution >= 0.6 is 0 Å². The molecule has 0 atom stereocenters. The van der Waals surface area contributed by atoms with E-state index in [-0.39, 0.29) is 5.91 Å². The zero-order chi connectivity index (χ0) is 13.6. The van der Waals surface area contributed by atoms with Crippen LogP contribution in [0.25, 0.3) is 11.0 Å². The number of nitrogens with zero attached hydrogens (tertiary/aromatic N) is 3. The Morgan fingerprint density at radius 1 is 1.37 bits per heavy atom. The third-order valence-corrected chi connectivity index (χ3v) is 3.57. The Morgan fingerprint density at radius 3 is 2.89 bits per heavy atom. The predicted molar refractivity (Wildman–Crippen MR) is 70.7 cm³/mol. The van der Waals surface area contributed by atoms with Gasteiger partial charge in [-0.3, -0.25) is 4.79 Å². The second-order valence-corrected chi connectivity index (χ2v) is 5.10. The Bertz CT molecular complexity index is 649. The highest BCUT2D eigenvalue weighted by Crippen LogP contribution is 2.33. The van der Waals surface area contributed by atoms with Crippen molar-refractivity contribution in [1.82, 2.24) is 15.6 Å². The second-order valence-electron chi connectivity index (χ2n) is 5.10. The van der Waals surface area contributed by atoms with Crippen molar-refractivity contribution in [3.8, 4) is 0 Å². The molecule has 100 valence electrons. The van der Waals surface area contributed by atoms with Crippen molar-refractivity contribution in [2.45, 2.75) is 19.4 Å². The molecule has 7 nitrogen and oxygen atoms in total. The lowest BCUT2D eigenvalue weighted by Crippen LogP contribution is -2.62. The summed E-state index contributed by atoms with van der Waals surface area (Å²) < 4.78 is 4.77. The molecule has 1 fully saturated rings. The van der Waals surface area contributed by atoms with Gasteiger partial charge >= 0.3 is 0 Å². The smallest absolute Gasteiger partial charge is 0.245 e. The van der Waals surface area contributed by atoms with Gasteiger partial charge in [0.05, 0.1) is 11.4 Å². The van der Waals surface area contributed by atoms with Crippen LogP contribution in [0.2, 0.25) is 0 Å². The van der Waals surface area contributed by atoms with Crippen molar-refractivity contribution in [1.29, 1.82) is 0 Å². The van der Waals surface area contributed by atoms with Gasteiger partial charge in [0.2, 0.25) is 5.91 Å². The number of nitrogens with two attached hydrogens (primary N) is 1. The van der Waals surface area contributed by atoms with E-state index < -0.39 is 5.54 Å². The number of anilines is 2. The summed E-state index contributed by atoms with van der Waals surface area (Å²) in [7, 11) is 0. The number of piperazine rings is 1. The normalized spacial score (nSPS) is 18.6. The maximum Gasteiger partial charge on any atom is 0.245 e. The molecule has 1 amide bonds. The number of nitrogen functional groups attached to an aromatic ring is 1.